The summed E-state index contributed by atoms with van der Waals surface area (Å²) in [6.45, 7) is 1.97. The summed E-state index contributed by atoms with van der Waals surface area (Å²) in [6.07, 6.45) is 1.59. The van der Waals surface area contributed by atoms with E-state index in [1.165, 1.54) is 11.4 Å². The van der Waals surface area contributed by atoms with Crippen LogP contribution in [0.3, 0.4) is 0 Å². The van der Waals surface area contributed by atoms with Crippen molar-refractivity contribution < 1.29 is 17.9 Å². The molecule has 1 aliphatic heterocycles. The van der Waals surface area contributed by atoms with E-state index in [1.54, 1.807) is 54.6 Å². The largest absolute Gasteiger partial charge is 0.466 e. The number of rotatable bonds is 4. The van der Waals surface area contributed by atoms with Crippen LogP contribution in [-0.4, -0.2) is 32.3 Å². The maximum absolute atomic E-state index is 13.2. The number of benzene rings is 2. The van der Waals surface area contributed by atoms with Crippen LogP contribution in [0.25, 0.3) is 0 Å². The fraction of sp³-hybridized carbons (Fsp3) is 0.211. The van der Waals surface area contributed by atoms with Gasteiger partial charge in [-0.25, -0.2) is 13.2 Å². The molecule has 7 heteroatoms. The number of ether oxygens (including phenoxy) is 1. The highest BCUT2D eigenvalue weighted by Gasteiger charge is 2.40. The topological polar surface area (TPSA) is 63.7 Å². The van der Waals surface area contributed by atoms with Gasteiger partial charge in [-0.3, -0.25) is 0 Å². The lowest BCUT2D eigenvalue weighted by Gasteiger charge is -2.26. The monoisotopic (exact) mass is 391 g/mol. The lowest BCUT2D eigenvalue weighted by Crippen LogP contribution is -2.33. The minimum atomic E-state index is -3.81. The predicted octanol–water partition coefficient (Wildman–Crippen LogP) is 3.49. The molecule has 1 unspecified atom stereocenters. The summed E-state index contributed by atoms with van der Waals surface area (Å²) in [5.74, 6) is -0.559. The Morgan fingerprint density at radius 2 is 1.88 bits per heavy atom. The molecule has 1 heterocycles. The van der Waals surface area contributed by atoms with Gasteiger partial charge in [-0.05, 0) is 36.8 Å². The number of hydrogen-bond acceptors (Lipinski definition) is 4. The number of esters is 1. The summed E-state index contributed by atoms with van der Waals surface area (Å²) in [7, 11) is -2.54. The molecule has 5 nitrogen and oxygen atoms in total. The molecule has 2 aromatic rings. The third kappa shape index (κ3) is 3.40. The molecule has 0 radical (unpaired) electrons. The van der Waals surface area contributed by atoms with E-state index < -0.39 is 22.0 Å². The zero-order chi connectivity index (χ0) is 18.9. The van der Waals surface area contributed by atoms with Gasteiger partial charge in [-0.1, -0.05) is 47.5 Å². The Labute approximate surface area is 157 Å². The van der Waals surface area contributed by atoms with Crippen LogP contribution in [0.5, 0.6) is 0 Å². The molecule has 0 aliphatic carbocycles. The molecule has 0 bridgehead atoms. The summed E-state index contributed by atoms with van der Waals surface area (Å²) >= 11 is 6.08. The number of carbonyl (C=O) groups excluding carboxylic acids is 1. The summed E-state index contributed by atoms with van der Waals surface area (Å²) < 4.78 is 32.5. The van der Waals surface area contributed by atoms with E-state index >= 15 is 0 Å². The van der Waals surface area contributed by atoms with Crippen molar-refractivity contribution in [3.05, 3.63) is 76.3 Å². The molecule has 0 saturated heterocycles. The maximum Gasteiger partial charge on any atom is 0.335 e. The van der Waals surface area contributed by atoms with Crippen LogP contribution in [-0.2, 0) is 19.6 Å². The fourth-order valence-electron chi connectivity index (χ4n) is 2.98. The molecule has 26 heavy (non-hydrogen) atoms. The summed E-state index contributed by atoms with van der Waals surface area (Å²) in [4.78, 5) is 12.4. The van der Waals surface area contributed by atoms with Crippen LogP contribution >= 0.6 is 11.6 Å². The van der Waals surface area contributed by atoms with Crippen LogP contribution in [0, 0.1) is 6.92 Å². The van der Waals surface area contributed by atoms with E-state index in [0.29, 0.717) is 10.6 Å². The molecule has 1 aliphatic rings. The van der Waals surface area contributed by atoms with Crippen LogP contribution in [0.2, 0.25) is 5.02 Å². The Balaban J connectivity index is 2.08. The molecular weight excluding hydrogens is 374 g/mol. The lowest BCUT2D eigenvalue weighted by molar-refractivity contribution is -0.136. The molecule has 2 aromatic carbocycles. The fourth-order valence-corrected chi connectivity index (χ4v) is 4.71. The van der Waals surface area contributed by atoms with Crippen molar-refractivity contribution in [3.8, 4) is 0 Å². The summed E-state index contributed by atoms with van der Waals surface area (Å²) in [5, 5.41) is 0.464. The number of sulfonamides is 1. The third-order valence-electron chi connectivity index (χ3n) is 4.29. The van der Waals surface area contributed by atoms with Gasteiger partial charge < -0.3 is 4.74 Å². The molecular formula is C19H18ClNO4S. The minimum absolute atomic E-state index is 0.0812. The second kappa shape index (κ2) is 7.23. The van der Waals surface area contributed by atoms with E-state index in [1.807, 2.05) is 6.92 Å². The minimum Gasteiger partial charge on any atom is -0.466 e. The van der Waals surface area contributed by atoms with Crippen molar-refractivity contribution in [2.75, 3.05) is 13.7 Å². The van der Waals surface area contributed by atoms with E-state index in [2.05, 4.69) is 0 Å². The van der Waals surface area contributed by atoms with Gasteiger partial charge in [-0.2, -0.15) is 4.31 Å². The van der Waals surface area contributed by atoms with Crippen LogP contribution < -0.4 is 0 Å². The van der Waals surface area contributed by atoms with Gasteiger partial charge in [0.2, 0.25) is 10.0 Å². The highest BCUT2D eigenvalue weighted by molar-refractivity contribution is 7.89. The van der Waals surface area contributed by atoms with Crippen molar-refractivity contribution in [1.29, 1.82) is 0 Å². The Bertz CT molecular complexity index is 967. The zero-order valence-electron chi connectivity index (χ0n) is 14.3. The highest BCUT2D eigenvalue weighted by Crippen LogP contribution is 2.38. The molecule has 0 saturated carbocycles. The summed E-state index contributed by atoms with van der Waals surface area (Å²) in [5.41, 5.74) is 1.86. The van der Waals surface area contributed by atoms with Crippen LogP contribution in [0.4, 0.5) is 0 Å². The smallest absolute Gasteiger partial charge is 0.335 e. The Kier molecular flexibility index (Phi) is 5.18. The average molecular weight is 392 g/mol. The average Bonchev–Trinajstić information content (AvgIpc) is 3.07. The Morgan fingerprint density at radius 3 is 2.50 bits per heavy atom. The molecule has 0 aromatic heterocycles. The van der Waals surface area contributed by atoms with Crippen molar-refractivity contribution in [2.24, 2.45) is 0 Å². The zero-order valence-corrected chi connectivity index (χ0v) is 15.9. The first-order valence-electron chi connectivity index (χ1n) is 7.97. The first-order chi connectivity index (χ1) is 12.3. The molecule has 0 amide bonds. The lowest BCUT2D eigenvalue weighted by atomic mass is 10.0. The van der Waals surface area contributed by atoms with E-state index in [-0.39, 0.29) is 17.0 Å². The summed E-state index contributed by atoms with van der Waals surface area (Å²) in [6, 6.07) is 12.7. The number of carbonyl (C=O) groups is 1. The van der Waals surface area contributed by atoms with Gasteiger partial charge >= 0.3 is 5.97 Å². The quantitative estimate of drug-likeness (QED) is 0.748. The van der Waals surface area contributed by atoms with E-state index in [4.69, 9.17) is 16.3 Å². The van der Waals surface area contributed by atoms with Crippen LogP contribution in [0.15, 0.2) is 65.1 Å². The number of nitrogens with zero attached hydrogens (tertiary/aromatic N) is 1. The van der Waals surface area contributed by atoms with Crippen molar-refractivity contribution in [1.82, 2.24) is 4.31 Å². The van der Waals surface area contributed by atoms with E-state index in [0.717, 1.165) is 5.56 Å². The van der Waals surface area contributed by atoms with Gasteiger partial charge in [0.1, 0.15) is 0 Å². The Hall–Kier alpha value is -2.15. The normalized spacial score (nSPS) is 17.8. The van der Waals surface area contributed by atoms with Crippen LogP contribution in [0.1, 0.15) is 17.2 Å². The first kappa shape index (κ1) is 18.6. The molecule has 136 valence electrons. The van der Waals surface area contributed by atoms with Gasteiger partial charge in [-0.15, -0.1) is 0 Å². The number of hydrogen-bond donors (Lipinski definition) is 0. The van der Waals surface area contributed by atoms with E-state index in [9.17, 15) is 13.2 Å². The molecule has 0 N–H and O–H groups in total. The van der Waals surface area contributed by atoms with Crippen molar-refractivity contribution >= 4 is 27.6 Å². The second-order valence-corrected chi connectivity index (χ2v) is 8.32. The van der Waals surface area contributed by atoms with Crippen molar-refractivity contribution in [3.63, 3.8) is 0 Å². The van der Waals surface area contributed by atoms with Gasteiger partial charge in [0, 0.05) is 11.6 Å². The Morgan fingerprint density at radius 1 is 1.19 bits per heavy atom. The second-order valence-electron chi connectivity index (χ2n) is 6.00. The molecule has 0 spiro atoms. The molecule has 1 atom stereocenters. The molecule has 0 fully saturated rings. The van der Waals surface area contributed by atoms with Gasteiger partial charge in [0.25, 0.3) is 0 Å². The third-order valence-corrected chi connectivity index (χ3v) is 6.37. The number of aryl methyl sites for hydroxylation is 1. The maximum atomic E-state index is 13.2. The van der Waals surface area contributed by atoms with Crippen molar-refractivity contribution in [2.45, 2.75) is 17.9 Å². The van der Waals surface area contributed by atoms with Gasteiger partial charge in [0.05, 0.1) is 23.6 Å². The number of halogens is 1. The van der Waals surface area contributed by atoms with Gasteiger partial charge in [0.15, 0.2) is 0 Å². The SMILES string of the molecule is COC(=O)C1=CCN(S(=O)(=O)c2ccc(C)cc2)C1c1cccc(Cl)c1. The number of methoxy groups -OCH3 is 1. The first-order valence-corrected chi connectivity index (χ1v) is 9.78. The molecule has 3 rings (SSSR count). The predicted molar refractivity (Wildman–Crippen MR) is 99.4 cm³/mol. The highest BCUT2D eigenvalue weighted by atomic mass is 35.5. The standard InChI is InChI=1S/C19H18ClNO4S/c1-13-6-8-16(9-7-13)26(23,24)21-11-10-17(19(22)25-2)18(21)14-4-3-5-15(20)12-14/h3-10,12,18H,11H2,1-2H3.